The van der Waals surface area contributed by atoms with E-state index in [0.29, 0.717) is 6.54 Å². The third-order valence-corrected chi connectivity index (χ3v) is 5.20. The summed E-state index contributed by atoms with van der Waals surface area (Å²) in [5, 5.41) is 3.32. The molecule has 0 bridgehead atoms. The van der Waals surface area contributed by atoms with Crippen molar-refractivity contribution in [3.63, 3.8) is 0 Å². The lowest BCUT2D eigenvalue weighted by Gasteiger charge is -2.28. The number of sulfonamides is 1. The number of hydrogen-bond acceptors (Lipinski definition) is 3. The normalized spacial score (nSPS) is 27.5. The molecule has 1 saturated carbocycles. The van der Waals surface area contributed by atoms with E-state index in [0.717, 1.165) is 32.4 Å². The molecule has 0 amide bonds. The minimum atomic E-state index is -3.00. The van der Waals surface area contributed by atoms with Crippen molar-refractivity contribution in [2.45, 2.75) is 31.7 Å². The SMILES string of the molecule is CCS(=O)(=O)N1CCCNCC12CC2. The molecule has 2 fully saturated rings. The van der Waals surface area contributed by atoms with E-state index in [1.807, 2.05) is 0 Å². The monoisotopic (exact) mass is 218 g/mol. The molecule has 0 unspecified atom stereocenters. The zero-order chi connectivity index (χ0) is 10.2. The zero-order valence-corrected chi connectivity index (χ0v) is 9.44. The van der Waals surface area contributed by atoms with Crippen LogP contribution in [0, 0.1) is 0 Å². The highest BCUT2D eigenvalue weighted by Crippen LogP contribution is 2.43. The van der Waals surface area contributed by atoms with Crippen molar-refractivity contribution in [1.82, 2.24) is 9.62 Å². The maximum absolute atomic E-state index is 11.9. The number of hydrogen-bond donors (Lipinski definition) is 1. The van der Waals surface area contributed by atoms with Gasteiger partial charge in [-0.25, -0.2) is 8.42 Å². The van der Waals surface area contributed by atoms with Gasteiger partial charge < -0.3 is 5.32 Å². The lowest BCUT2D eigenvalue weighted by atomic mass is 10.3. The molecule has 5 heteroatoms. The van der Waals surface area contributed by atoms with Crippen LogP contribution in [0.15, 0.2) is 0 Å². The molecule has 1 saturated heterocycles. The van der Waals surface area contributed by atoms with Gasteiger partial charge in [0.1, 0.15) is 0 Å². The molecule has 1 spiro atoms. The first-order valence-corrected chi connectivity index (χ1v) is 6.93. The second-order valence-corrected chi connectivity index (χ2v) is 6.41. The Morgan fingerprint density at radius 1 is 1.43 bits per heavy atom. The fraction of sp³-hybridized carbons (Fsp3) is 1.00. The maximum Gasteiger partial charge on any atom is 0.214 e. The van der Waals surface area contributed by atoms with Gasteiger partial charge in [0.2, 0.25) is 10.0 Å². The molecule has 1 aliphatic carbocycles. The van der Waals surface area contributed by atoms with Gasteiger partial charge in [-0.05, 0) is 32.7 Å². The summed E-state index contributed by atoms with van der Waals surface area (Å²) in [6.07, 6.45) is 2.99. The van der Waals surface area contributed by atoms with E-state index in [4.69, 9.17) is 0 Å². The van der Waals surface area contributed by atoms with Crippen molar-refractivity contribution in [2.75, 3.05) is 25.4 Å². The van der Waals surface area contributed by atoms with E-state index in [1.165, 1.54) is 0 Å². The highest BCUT2D eigenvalue weighted by molar-refractivity contribution is 7.89. The quantitative estimate of drug-likeness (QED) is 0.718. The van der Waals surface area contributed by atoms with Crippen LogP contribution in [0.2, 0.25) is 0 Å². The summed E-state index contributed by atoms with van der Waals surface area (Å²) < 4.78 is 25.5. The van der Waals surface area contributed by atoms with E-state index in [1.54, 1.807) is 11.2 Å². The Morgan fingerprint density at radius 3 is 2.71 bits per heavy atom. The van der Waals surface area contributed by atoms with Gasteiger partial charge in [-0.15, -0.1) is 0 Å². The Morgan fingerprint density at radius 2 is 2.14 bits per heavy atom. The predicted molar refractivity (Wildman–Crippen MR) is 55.6 cm³/mol. The molecule has 1 heterocycles. The molecule has 2 rings (SSSR count). The van der Waals surface area contributed by atoms with Crippen molar-refractivity contribution < 1.29 is 8.42 Å². The minimum absolute atomic E-state index is 0.0503. The summed E-state index contributed by atoms with van der Waals surface area (Å²) in [6.45, 7) is 4.20. The smallest absolute Gasteiger partial charge is 0.214 e. The van der Waals surface area contributed by atoms with Gasteiger partial charge in [-0.2, -0.15) is 4.31 Å². The van der Waals surface area contributed by atoms with E-state index in [-0.39, 0.29) is 11.3 Å². The summed E-state index contributed by atoms with van der Waals surface area (Å²) in [7, 11) is -3.00. The molecule has 2 aliphatic rings. The lowest BCUT2D eigenvalue weighted by Crippen LogP contribution is -2.46. The molecule has 0 radical (unpaired) electrons. The highest BCUT2D eigenvalue weighted by atomic mass is 32.2. The summed E-state index contributed by atoms with van der Waals surface area (Å²) in [5.74, 6) is 0.231. The topological polar surface area (TPSA) is 49.4 Å². The molecule has 0 atom stereocenters. The van der Waals surface area contributed by atoms with Gasteiger partial charge in [-0.1, -0.05) is 0 Å². The number of rotatable bonds is 2. The molecule has 0 aromatic heterocycles. The van der Waals surface area contributed by atoms with Crippen LogP contribution in [-0.2, 0) is 10.0 Å². The van der Waals surface area contributed by atoms with E-state index in [2.05, 4.69) is 5.32 Å². The van der Waals surface area contributed by atoms with Crippen molar-refractivity contribution >= 4 is 10.0 Å². The van der Waals surface area contributed by atoms with E-state index < -0.39 is 10.0 Å². The molecular weight excluding hydrogens is 200 g/mol. The molecule has 1 N–H and O–H groups in total. The molecule has 82 valence electrons. The first-order chi connectivity index (χ1) is 6.61. The van der Waals surface area contributed by atoms with Crippen LogP contribution < -0.4 is 5.32 Å². The lowest BCUT2D eigenvalue weighted by molar-refractivity contribution is 0.316. The van der Waals surface area contributed by atoms with Gasteiger partial charge in [0.15, 0.2) is 0 Å². The standard InChI is InChI=1S/C9H18N2O2S/c1-2-14(12,13)11-7-3-6-10-8-9(11)4-5-9/h10H,2-8H2,1H3. The van der Waals surface area contributed by atoms with Crippen molar-refractivity contribution in [1.29, 1.82) is 0 Å². The predicted octanol–water partition coefficient (Wildman–Crippen LogP) is 0.164. The van der Waals surface area contributed by atoms with Crippen LogP contribution in [0.25, 0.3) is 0 Å². The fourth-order valence-electron chi connectivity index (χ4n) is 2.15. The number of nitrogens with one attached hydrogen (secondary N) is 1. The summed E-state index contributed by atoms with van der Waals surface area (Å²) in [6, 6.07) is 0. The van der Waals surface area contributed by atoms with Crippen molar-refractivity contribution in [3.05, 3.63) is 0 Å². The third-order valence-electron chi connectivity index (χ3n) is 3.23. The van der Waals surface area contributed by atoms with Gasteiger partial charge in [-0.3, -0.25) is 0 Å². The summed E-state index contributed by atoms with van der Waals surface area (Å²) in [5.41, 5.74) is -0.0503. The maximum atomic E-state index is 11.9. The van der Waals surface area contributed by atoms with Gasteiger partial charge in [0, 0.05) is 18.6 Å². The Balaban J connectivity index is 2.23. The first kappa shape index (κ1) is 10.4. The summed E-state index contributed by atoms with van der Waals surface area (Å²) >= 11 is 0. The zero-order valence-electron chi connectivity index (χ0n) is 8.62. The van der Waals surface area contributed by atoms with Gasteiger partial charge in [0.25, 0.3) is 0 Å². The van der Waals surface area contributed by atoms with Crippen LogP contribution in [-0.4, -0.2) is 43.6 Å². The molecule has 0 aromatic carbocycles. The average Bonchev–Trinajstić information content (AvgIpc) is 2.95. The minimum Gasteiger partial charge on any atom is -0.315 e. The number of nitrogens with zero attached hydrogens (tertiary/aromatic N) is 1. The Kier molecular flexibility index (Phi) is 2.57. The molecular formula is C9H18N2O2S. The third kappa shape index (κ3) is 1.68. The van der Waals surface area contributed by atoms with E-state index >= 15 is 0 Å². The second-order valence-electron chi connectivity index (χ2n) is 4.23. The average molecular weight is 218 g/mol. The largest absolute Gasteiger partial charge is 0.315 e. The van der Waals surface area contributed by atoms with E-state index in [9.17, 15) is 8.42 Å². The van der Waals surface area contributed by atoms with Crippen molar-refractivity contribution in [2.24, 2.45) is 0 Å². The summed E-state index contributed by atoms with van der Waals surface area (Å²) in [4.78, 5) is 0. The highest BCUT2D eigenvalue weighted by Gasteiger charge is 2.52. The van der Waals surface area contributed by atoms with Crippen LogP contribution in [0.1, 0.15) is 26.2 Å². The van der Waals surface area contributed by atoms with Crippen LogP contribution in [0.4, 0.5) is 0 Å². The Hall–Kier alpha value is -0.130. The van der Waals surface area contributed by atoms with Crippen LogP contribution in [0.3, 0.4) is 0 Å². The molecule has 4 nitrogen and oxygen atoms in total. The Labute approximate surface area is 85.7 Å². The molecule has 1 aliphatic heterocycles. The Bertz CT molecular complexity index is 309. The first-order valence-electron chi connectivity index (χ1n) is 5.32. The van der Waals surface area contributed by atoms with Gasteiger partial charge in [0.05, 0.1) is 5.75 Å². The molecule has 0 aromatic rings. The van der Waals surface area contributed by atoms with Crippen molar-refractivity contribution in [3.8, 4) is 0 Å². The fourth-order valence-corrected chi connectivity index (χ4v) is 3.71. The van der Waals surface area contributed by atoms with Gasteiger partial charge >= 0.3 is 0 Å². The van der Waals surface area contributed by atoms with Crippen LogP contribution in [0.5, 0.6) is 0 Å². The van der Waals surface area contributed by atoms with Crippen LogP contribution >= 0.6 is 0 Å². The second kappa shape index (κ2) is 3.47. The molecule has 14 heavy (non-hydrogen) atoms.